The zero-order valence-electron chi connectivity index (χ0n) is 12.2. The first kappa shape index (κ1) is 13.1. The lowest BCUT2D eigenvalue weighted by atomic mass is 9.81. The quantitative estimate of drug-likeness (QED) is 0.854. The van der Waals surface area contributed by atoms with Gasteiger partial charge in [-0.1, -0.05) is 17.7 Å². The second-order valence-electron chi connectivity index (χ2n) is 6.75. The van der Waals surface area contributed by atoms with Gasteiger partial charge < -0.3 is 5.32 Å². The Morgan fingerprint density at radius 1 is 1.11 bits per heavy atom. The van der Waals surface area contributed by atoms with Gasteiger partial charge in [0, 0.05) is 18.5 Å². The topological polar surface area (TPSA) is 12.0 Å². The number of piperidine rings is 1. The molecule has 2 heterocycles. The average molecular weight is 261 g/mol. The van der Waals surface area contributed by atoms with Crippen molar-refractivity contribution in [3.63, 3.8) is 0 Å². The normalized spacial score (nSPS) is 33.7. The van der Waals surface area contributed by atoms with Crippen LogP contribution in [0.15, 0.2) is 12.1 Å². The van der Waals surface area contributed by atoms with E-state index in [9.17, 15) is 0 Å². The maximum atomic E-state index is 15.2. The minimum atomic E-state index is -0.998. The van der Waals surface area contributed by atoms with Crippen molar-refractivity contribution in [2.45, 2.75) is 70.6 Å². The Balaban J connectivity index is 1.85. The van der Waals surface area contributed by atoms with Gasteiger partial charge in [-0.2, -0.15) is 0 Å². The number of halogens is 1. The summed E-state index contributed by atoms with van der Waals surface area (Å²) in [5.41, 5.74) is 4.01. The Hall–Kier alpha value is -0.890. The highest BCUT2D eigenvalue weighted by Gasteiger charge is 2.44. The van der Waals surface area contributed by atoms with E-state index in [0.717, 1.165) is 12.8 Å². The number of nitrogens with one attached hydrogen (secondary N) is 1. The largest absolute Gasteiger partial charge is 0.311 e. The van der Waals surface area contributed by atoms with E-state index >= 15 is 4.39 Å². The highest BCUT2D eigenvalue weighted by molar-refractivity contribution is 5.38. The van der Waals surface area contributed by atoms with Crippen LogP contribution in [0.25, 0.3) is 0 Å². The Labute approximate surface area is 115 Å². The molecule has 1 aromatic rings. The monoisotopic (exact) mass is 261 g/mol. The van der Waals surface area contributed by atoms with Gasteiger partial charge in [0.05, 0.1) is 0 Å². The number of hydrogen-bond acceptors (Lipinski definition) is 1. The average Bonchev–Trinajstić information content (AvgIpc) is 2.64. The van der Waals surface area contributed by atoms with Crippen LogP contribution in [0, 0.1) is 20.8 Å². The number of hydrogen-bond donors (Lipinski definition) is 1. The first-order valence-electron chi connectivity index (χ1n) is 7.47. The van der Waals surface area contributed by atoms with E-state index < -0.39 is 5.67 Å². The Bertz CT molecular complexity index is 459. The van der Waals surface area contributed by atoms with Crippen molar-refractivity contribution in [3.8, 4) is 0 Å². The highest BCUT2D eigenvalue weighted by atomic mass is 19.1. The first-order chi connectivity index (χ1) is 8.95. The van der Waals surface area contributed by atoms with E-state index in [1.807, 2.05) is 0 Å². The van der Waals surface area contributed by atoms with Crippen LogP contribution in [0.3, 0.4) is 0 Å². The zero-order valence-corrected chi connectivity index (χ0v) is 12.2. The van der Waals surface area contributed by atoms with Crippen molar-refractivity contribution in [1.29, 1.82) is 0 Å². The smallest absolute Gasteiger partial charge is 0.118 e. The molecule has 1 N–H and O–H groups in total. The summed E-state index contributed by atoms with van der Waals surface area (Å²) in [6.07, 6.45) is 4.29. The number of benzene rings is 1. The summed E-state index contributed by atoms with van der Waals surface area (Å²) in [4.78, 5) is 0. The molecule has 0 aliphatic carbocycles. The van der Waals surface area contributed by atoms with Crippen LogP contribution < -0.4 is 5.32 Å². The molecular formula is C17H24FN. The molecule has 3 rings (SSSR count). The van der Waals surface area contributed by atoms with Crippen LogP contribution in [0.2, 0.25) is 0 Å². The molecule has 1 aromatic carbocycles. The molecule has 2 aliphatic heterocycles. The molecule has 2 heteroatoms. The van der Waals surface area contributed by atoms with Crippen molar-refractivity contribution in [1.82, 2.24) is 5.32 Å². The van der Waals surface area contributed by atoms with Crippen molar-refractivity contribution in [3.05, 3.63) is 34.4 Å². The molecule has 1 nitrogen and oxygen atoms in total. The summed E-state index contributed by atoms with van der Waals surface area (Å²) in [5.74, 6) is 0. The minimum Gasteiger partial charge on any atom is -0.311 e. The Morgan fingerprint density at radius 2 is 1.63 bits per heavy atom. The minimum absolute atomic E-state index is 0.412. The molecule has 2 unspecified atom stereocenters. The van der Waals surface area contributed by atoms with Crippen molar-refractivity contribution in [2.75, 3.05) is 0 Å². The second kappa shape index (κ2) is 4.59. The van der Waals surface area contributed by atoms with Crippen LogP contribution in [-0.2, 0) is 6.42 Å². The first-order valence-corrected chi connectivity index (χ1v) is 7.47. The molecule has 2 atom stereocenters. The lowest BCUT2D eigenvalue weighted by Gasteiger charge is -2.35. The van der Waals surface area contributed by atoms with E-state index in [0.29, 0.717) is 31.3 Å². The molecule has 0 saturated carbocycles. The highest BCUT2D eigenvalue weighted by Crippen LogP contribution is 2.39. The van der Waals surface area contributed by atoms with Crippen LogP contribution in [0.1, 0.15) is 47.9 Å². The molecule has 0 radical (unpaired) electrons. The number of alkyl halides is 1. The van der Waals surface area contributed by atoms with E-state index in [2.05, 4.69) is 38.2 Å². The summed E-state index contributed by atoms with van der Waals surface area (Å²) in [5, 5.41) is 3.53. The van der Waals surface area contributed by atoms with Crippen molar-refractivity contribution >= 4 is 0 Å². The van der Waals surface area contributed by atoms with Gasteiger partial charge in [0.15, 0.2) is 0 Å². The SMILES string of the molecule is Cc1cc(C)c(CC2(F)CC3CCC(C2)N3)c(C)c1. The summed E-state index contributed by atoms with van der Waals surface area (Å²) in [6, 6.07) is 5.19. The number of rotatable bonds is 2. The fourth-order valence-corrected chi connectivity index (χ4v) is 4.14. The Morgan fingerprint density at radius 3 is 2.16 bits per heavy atom. The molecule has 0 aromatic heterocycles. The third kappa shape index (κ3) is 2.55. The van der Waals surface area contributed by atoms with Crippen molar-refractivity contribution in [2.24, 2.45) is 0 Å². The summed E-state index contributed by atoms with van der Waals surface area (Å²) >= 11 is 0. The summed E-state index contributed by atoms with van der Waals surface area (Å²) in [7, 11) is 0. The molecule has 2 bridgehead atoms. The maximum Gasteiger partial charge on any atom is 0.118 e. The lowest BCUT2D eigenvalue weighted by Crippen LogP contribution is -2.47. The zero-order chi connectivity index (χ0) is 13.6. The van der Waals surface area contributed by atoms with Crippen LogP contribution >= 0.6 is 0 Å². The van der Waals surface area contributed by atoms with Gasteiger partial charge in [0.1, 0.15) is 5.67 Å². The van der Waals surface area contributed by atoms with Crippen LogP contribution in [0.5, 0.6) is 0 Å². The van der Waals surface area contributed by atoms with E-state index in [1.54, 1.807) is 0 Å². The standard InChI is InChI=1S/C17H24FN/c1-11-6-12(2)16(13(3)7-11)10-17(18)8-14-4-5-15(9-17)19-14/h6-7,14-15,19H,4-5,8-10H2,1-3H3. The van der Waals surface area contributed by atoms with Gasteiger partial charge in [-0.15, -0.1) is 0 Å². The molecule has 19 heavy (non-hydrogen) atoms. The molecule has 104 valence electrons. The second-order valence-corrected chi connectivity index (χ2v) is 6.75. The van der Waals surface area contributed by atoms with Gasteiger partial charge in [-0.25, -0.2) is 4.39 Å². The molecule has 2 fully saturated rings. The number of fused-ring (bicyclic) bond motifs is 2. The number of aryl methyl sites for hydroxylation is 3. The van der Waals surface area contributed by atoms with E-state index in [4.69, 9.17) is 0 Å². The maximum absolute atomic E-state index is 15.2. The van der Waals surface area contributed by atoms with E-state index in [1.165, 1.54) is 22.3 Å². The van der Waals surface area contributed by atoms with E-state index in [-0.39, 0.29) is 0 Å². The van der Waals surface area contributed by atoms with Gasteiger partial charge in [0.2, 0.25) is 0 Å². The fraction of sp³-hybridized carbons (Fsp3) is 0.647. The Kier molecular flexibility index (Phi) is 3.17. The van der Waals surface area contributed by atoms with Crippen LogP contribution in [-0.4, -0.2) is 17.8 Å². The third-order valence-corrected chi connectivity index (χ3v) is 4.89. The van der Waals surface area contributed by atoms with Gasteiger partial charge in [-0.05, 0) is 63.1 Å². The molecule has 2 aliphatic rings. The summed E-state index contributed by atoms with van der Waals surface area (Å²) in [6.45, 7) is 6.35. The predicted molar refractivity (Wildman–Crippen MR) is 77.4 cm³/mol. The van der Waals surface area contributed by atoms with Gasteiger partial charge >= 0.3 is 0 Å². The lowest BCUT2D eigenvalue weighted by molar-refractivity contribution is 0.0890. The van der Waals surface area contributed by atoms with Gasteiger partial charge in [0.25, 0.3) is 0 Å². The fourth-order valence-electron chi connectivity index (χ4n) is 4.14. The van der Waals surface area contributed by atoms with Crippen LogP contribution in [0.4, 0.5) is 4.39 Å². The molecule has 0 amide bonds. The molecular weight excluding hydrogens is 237 g/mol. The molecule has 2 saturated heterocycles. The summed E-state index contributed by atoms with van der Waals surface area (Å²) < 4.78 is 15.2. The van der Waals surface area contributed by atoms with Gasteiger partial charge in [-0.3, -0.25) is 0 Å². The third-order valence-electron chi connectivity index (χ3n) is 4.89. The molecule has 0 spiro atoms. The predicted octanol–water partition coefficient (Wildman–Crippen LogP) is 3.78. The van der Waals surface area contributed by atoms with Crippen molar-refractivity contribution < 1.29 is 4.39 Å².